The summed E-state index contributed by atoms with van der Waals surface area (Å²) in [4.78, 5) is 4.30. The summed E-state index contributed by atoms with van der Waals surface area (Å²) >= 11 is 0. The monoisotopic (exact) mass is 223 g/mol. The number of nitrogens with one attached hydrogen (secondary N) is 2. The van der Waals surface area contributed by atoms with Crippen molar-refractivity contribution >= 4 is 5.96 Å². The fraction of sp³-hybridized carbons (Fsp3) is 0.636. The molecule has 0 atom stereocenters. The molecular weight excluding hydrogens is 202 g/mol. The van der Waals surface area contributed by atoms with Crippen molar-refractivity contribution < 1.29 is 0 Å². The minimum Gasteiger partial charge on any atom is -0.370 e. The van der Waals surface area contributed by atoms with Gasteiger partial charge in [0, 0.05) is 16.8 Å². The third-order valence-electron chi connectivity index (χ3n) is 2.19. The molecular formula is C11H21N5. The van der Waals surface area contributed by atoms with Gasteiger partial charge in [0.15, 0.2) is 5.96 Å². The van der Waals surface area contributed by atoms with E-state index in [4.69, 9.17) is 5.73 Å². The number of aliphatic imine (C=N–C) groups is 1. The topological polar surface area (TPSA) is 79.1 Å². The van der Waals surface area contributed by atoms with E-state index < -0.39 is 0 Å². The molecule has 16 heavy (non-hydrogen) atoms. The summed E-state index contributed by atoms with van der Waals surface area (Å²) in [5.74, 6) is 0.465. The maximum Gasteiger partial charge on any atom is 0.189 e. The van der Waals surface area contributed by atoms with Crippen LogP contribution in [0.25, 0.3) is 0 Å². The van der Waals surface area contributed by atoms with Crippen molar-refractivity contribution in [3.8, 4) is 0 Å². The lowest BCUT2D eigenvalue weighted by molar-refractivity contribution is 0.508. The number of guanidine groups is 1. The zero-order chi connectivity index (χ0) is 12.3. The van der Waals surface area contributed by atoms with E-state index in [0.29, 0.717) is 12.5 Å². The van der Waals surface area contributed by atoms with E-state index >= 15 is 0 Å². The van der Waals surface area contributed by atoms with Crippen LogP contribution in [0, 0.1) is 13.8 Å². The van der Waals surface area contributed by atoms with Crippen molar-refractivity contribution in [2.45, 2.75) is 46.7 Å². The number of nitrogens with two attached hydrogens (primary N) is 1. The van der Waals surface area contributed by atoms with Crippen LogP contribution in [0.4, 0.5) is 0 Å². The fourth-order valence-electron chi connectivity index (χ4n) is 1.39. The van der Waals surface area contributed by atoms with Gasteiger partial charge in [-0.1, -0.05) is 0 Å². The molecule has 0 spiro atoms. The highest BCUT2D eigenvalue weighted by Crippen LogP contribution is 2.10. The van der Waals surface area contributed by atoms with E-state index in [1.807, 2.05) is 34.6 Å². The zero-order valence-corrected chi connectivity index (χ0v) is 10.7. The normalized spacial score (nSPS) is 12.9. The Bertz CT molecular complexity index is 364. The maximum atomic E-state index is 5.78. The largest absolute Gasteiger partial charge is 0.370 e. The predicted octanol–water partition coefficient (Wildman–Crippen LogP) is 1.23. The van der Waals surface area contributed by atoms with Crippen LogP contribution >= 0.6 is 0 Å². The second kappa shape index (κ2) is 4.55. The van der Waals surface area contributed by atoms with Crippen molar-refractivity contribution in [2.24, 2.45) is 10.7 Å². The predicted molar refractivity (Wildman–Crippen MR) is 66.3 cm³/mol. The van der Waals surface area contributed by atoms with Crippen LogP contribution in [0.5, 0.6) is 0 Å². The summed E-state index contributed by atoms with van der Waals surface area (Å²) in [6, 6.07) is 0. The van der Waals surface area contributed by atoms with E-state index in [1.165, 1.54) is 0 Å². The summed E-state index contributed by atoms with van der Waals surface area (Å²) in [7, 11) is 0. The van der Waals surface area contributed by atoms with Gasteiger partial charge in [-0.3, -0.25) is 5.10 Å². The summed E-state index contributed by atoms with van der Waals surface area (Å²) in [5, 5.41) is 10.2. The first-order chi connectivity index (χ1) is 7.29. The minimum absolute atomic E-state index is 0.0614. The van der Waals surface area contributed by atoms with Gasteiger partial charge in [-0.15, -0.1) is 0 Å². The van der Waals surface area contributed by atoms with Crippen LogP contribution in [0.15, 0.2) is 4.99 Å². The molecule has 90 valence electrons. The van der Waals surface area contributed by atoms with E-state index in [-0.39, 0.29) is 5.54 Å². The number of hydrogen-bond acceptors (Lipinski definition) is 2. The second-order valence-corrected chi connectivity index (χ2v) is 4.99. The standard InChI is InChI=1S/C11H21N5/c1-7-9(8(2)16-15-7)6-13-10(12)14-11(3,4)5/h6H2,1-5H3,(H,15,16)(H3,12,13,14). The smallest absolute Gasteiger partial charge is 0.189 e. The Morgan fingerprint density at radius 3 is 2.50 bits per heavy atom. The molecule has 5 nitrogen and oxygen atoms in total. The first kappa shape index (κ1) is 12.5. The second-order valence-electron chi connectivity index (χ2n) is 4.99. The van der Waals surface area contributed by atoms with Gasteiger partial charge in [-0.05, 0) is 34.6 Å². The molecule has 0 saturated heterocycles. The molecule has 0 bridgehead atoms. The van der Waals surface area contributed by atoms with Crippen LogP contribution in [0.2, 0.25) is 0 Å². The number of nitrogens with zero attached hydrogens (tertiary/aromatic N) is 2. The van der Waals surface area contributed by atoms with E-state index in [1.54, 1.807) is 0 Å². The Hall–Kier alpha value is -1.52. The number of aromatic nitrogens is 2. The van der Waals surface area contributed by atoms with Crippen LogP contribution < -0.4 is 11.1 Å². The Labute approximate surface area is 96.5 Å². The summed E-state index contributed by atoms with van der Waals surface area (Å²) < 4.78 is 0. The molecule has 5 heteroatoms. The lowest BCUT2D eigenvalue weighted by Crippen LogP contribution is -2.45. The average molecular weight is 223 g/mol. The molecule has 0 unspecified atom stereocenters. The van der Waals surface area contributed by atoms with Crippen molar-refractivity contribution in [1.29, 1.82) is 0 Å². The van der Waals surface area contributed by atoms with Crippen LogP contribution in [0.3, 0.4) is 0 Å². The summed E-state index contributed by atoms with van der Waals surface area (Å²) in [6.45, 7) is 10.6. The van der Waals surface area contributed by atoms with Gasteiger partial charge in [0.1, 0.15) is 0 Å². The Morgan fingerprint density at radius 2 is 2.06 bits per heavy atom. The van der Waals surface area contributed by atoms with E-state index in [0.717, 1.165) is 17.0 Å². The highest BCUT2D eigenvalue weighted by Gasteiger charge is 2.10. The fourth-order valence-corrected chi connectivity index (χ4v) is 1.39. The number of hydrogen-bond donors (Lipinski definition) is 3. The molecule has 4 N–H and O–H groups in total. The quantitative estimate of drug-likeness (QED) is 0.521. The van der Waals surface area contributed by atoms with Gasteiger partial charge in [0.2, 0.25) is 0 Å². The summed E-state index contributed by atoms with van der Waals surface area (Å²) in [5.41, 5.74) is 8.86. The molecule has 0 amide bonds. The Morgan fingerprint density at radius 1 is 1.44 bits per heavy atom. The molecule has 0 aliphatic carbocycles. The average Bonchev–Trinajstić information content (AvgIpc) is 2.41. The molecule has 1 aromatic rings. The molecule has 0 aromatic carbocycles. The summed E-state index contributed by atoms with van der Waals surface area (Å²) in [6.07, 6.45) is 0. The molecule has 1 rings (SSSR count). The molecule has 0 fully saturated rings. The number of H-pyrrole nitrogens is 1. The van der Waals surface area contributed by atoms with Crippen LogP contribution in [-0.2, 0) is 6.54 Å². The lowest BCUT2D eigenvalue weighted by atomic mass is 10.1. The van der Waals surface area contributed by atoms with Crippen LogP contribution in [0.1, 0.15) is 37.7 Å². The van der Waals surface area contributed by atoms with Gasteiger partial charge in [0.05, 0.1) is 12.2 Å². The van der Waals surface area contributed by atoms with Gasteiger partial charge in [-0.25, -0.2) is 4.99 Å². The SMILES string of the molecule is Cc1n[nH]c(C)c1CN=C(N)NC(C)(C)C. The number of aromatic amines is 1. The van der Waals surface area contributed by atoms with Crippen molar-refractivity contribution in [3.63, 3.8) is 0 Å². The van der Waals surface area contributed by atoms with E-state index in [2.05, 4.69) is 20.5 Å². The molecule has 0 saturated carbocycles. The van der Waals surface area contributed by atoms with E-state index in [9.17, 15) is 0 Å². The zero-order valence-electron chi connectivity index (χ0n) is 10.7. The number of aryl methyl sites for hydroxylation is 2. The molecule has 0 radical (unpaired) electrons. The molecule has 1 aromatic heterocycles. The van der Waals surface area contributed by atoms with Gasteiger partial charge < -0.3 is 11.1 Å². The highest BCUT2D eigenvalue weighted by molar-refractivity contribution is 5.78. The minimum atomic E-state index is -0.0614. The van der Waals surface area contributed by atoms with Gasteiger partial charge >= 0.3 is 0 Å². The third kappa shape index (κ3) is 3.56. The third-order valence-corrected chi connectivity index (χ3v) is 2.19. The molecule has 0 aliphatic heterocycles. The lowest BCUT2D eigenvalue weighted by Gasteiger charge is -2.20. The van der Waals surface area contributed by atoms with Crippen molar-refractivity contribution in [1.82, 2.24) is 15.5 Å². The molecule has 1 heterocycles. The van der Waals surface area contributed by atoms with Crippen LogP contribution in [-0.4, -0.2) is 21.7 Å². The molecule has 0 aliphatic rings. The first-order valence-electron chi connectivity index (χ1n) is 5.38. The maximum absolute atomic E-state index is 5.78. The van der Waals surface area contributed by atoms with Crippen molar-refractivity contribution in [2.75, 3.05) is 0 Å². The Kier molecular flexibility index (Phi) is 3.57. The van der Waals surface area contributed by atoms with Crippen molar-refractivity contribution in [3.05, 3.63) is 17.0 Å². The highest BCUT2D eigenvalue weighted by atomic mass is 15.1. The first-order valence-corrected chi connectivity index (χ1v) is 5.38. The Balaban J connectivity index is 2.66. The number of rotatable bonds is 2. The van der Waals surface area contributed by atoms with Gasteiger partial charge in [-0.2, -0.15) is 5.10 Å². The van der Waals surface area contributed by atoms with Gasteiger partial charge in [0.25, 0.3) is 0 Å².